The van der Waals surface area contributed by atoms with Gasteiger partial charge in [0.1, 0.15) is 0 Å². The monoisotopic (exact) mass is 591 g/mol. The number of thiophene rings is 1. The maximum atomic E-state index is 6.94. The Morgan fingerprint density at radius 3 is 2.11 bits per heavy atom. The van der Waals surface area contributed by atoms with Crippen molar-refractivity contribution in [3.8, 4) is 0 Å². The minimum absolute atomic E-state index is 0. The van der Waals surface area contributed by atoms with Gasteiger partial charge in [-0.1, -0.05) is 88.6 Å². The van der Waals surface area contributed by atoms with Gasteiger partial charge in [-0.3, -0.25) is 0 Å². The molecule has 0 unspecified atom stereocenters. The summed E-state index contributed by atoms with van der Waals surface area (Å²) in [4.78, 5) is 0. The molecule has 0 fully saturated rings. The molecule has 0 atom stereocenters. The molecule has 4 rings (SSSR count). The van der Waals surface area contributed by atoms with Gasteiger partial charge < -0.3 is 20.6 Å². The Morgan fingerprint density at radius 2 is 1.54 bits per heavy atom. The molecule has 0 spiro atoms. The first-order valence-corrected chi connectivity index (χ1v) is 13.3. The molecule has 28 heavy (non-hydrogen) atoms. The number of benzene rings is 2. The zero-order valence-corrected chi connectivity index (χ0v) is 24.2. The molecule has 0 saturated carbocycles. The van der Waals surface area contributed by atoms with Gasteiger partial charge in [0.05, 0.1) is 0 Å². The van der Waals surface area contributed by atoms with Crippen LogP contribution in [0.1, 0.15) is 20.8 Å². The van der Waals surface area contributed by atoms with Gasteiger partial charge in [0.25, 0.3) is 0 Å². The Labute approximate surface area is 211 Å². The van der Waals surface area contributed by atoms with Crippen molar-refractivity contribution in [2.75, 3.05) is 0 Å². The van der Waals surface area contributed by atoms with Crippen molar-refractivity contribution < 1.29 is 23.3 Å². The summed E-state index contributed by atoms with van der Waals surface area (Å²) in [5.41, 5.74) is 6.69. The fourth-order valence-corrected chi connectivity index (χ4v) is 4.03. The molecule has 0 bridgehead atoms. The maximum absolute atomic E-state index is 6.94. The minimum atomic E-state index is -0.250. The normalized spacial score (nSPS) is 9.43. The second-order valence-electron chi connectivity index (χ2n) is 6.47. The van der Waals surface area contributed by atoms with E-state index < -0.39 is 0 Å². The van der Waals surface area contributed by atoms with Crippen molar-refractivity contribution in [3.05, 3.63) is 73.6 Å². The Balaban J connectivity index is -0.000000508. The number of halogens is 3. The average Bonchev–Trinajstić information content (AvgIpc) is 3.03. The molecule has 154 valence electrons. The van der Waals surface area contributed by atoms with E-state index in [0.717, 1.165) is 4.47 Å². The van der Waals surface area contributed by atoms with E-state index >= 15 is 0 Å². The van der Waals surface area contributed by atoms with Crippen LogP contribution in [0.4, 0.5) is 0 Å². The standard InChI is InChI=1S/C15H8BrS.C4H10N.2CH3.2ClH.Si.Zr/c16-10-5-6-11-9(7-10)8-13-12-3-1-2-4-14(12)17-15(11)13;1-4(2,3)5;;;;;;/h1-8H;5H,1-3H3;2*1H3;2*1H;;/q4*-1;;;;. The summed E-state index contributed by atoms with van der Waals surface area (Å²) in [5.74, 6) is 0. The molecule has 0 aliphatic rings. The predicted molar refractivity (Wildman–Crippen MR) is 137 cm³/mol. The third-order valence-corrected chi connectivity index (χ3v) is 4.91. The Kier molecular flexibility index (Phi) is 17.0. The summed E-state index contributed by atoms with van der Waals surface area (Å²) in [6.07, 6.45) is 0. The van der Waals surface area contributed by atoms with Gasteiger partial charge >= 0.3 is 30.2 Å². The zero-order valence-electron chi connectivity index (χ0n) is 16.7. The van der Waals surface area contributed by atoms with E-state index in [2.05, 4.69) is 71.3 Å². The number of fused-ring (bicyclic) bond motifs is 5. The molecular weight excluding hydrogens is 568 g/mol. The molecule has 1 nitrogen and oxygen atoms in total. The molecule has 4 aromatic rings. The molecule has 0 aliphatic carbocycles. The van der Waals surface area contributed by atoms with Crippen molar-refractivity contribution in [1.29, 1.82) is 0 Å². The first-order valence-electron chi connectivity index (χ1n) is 7.49. The summed E-state index contributed by atoms with van der Waals surface area (Å²) in [5, 5.41) is 5.45. The fourth-order valence-electron chi connectivity index (χ4n) is 2.42. The van der Waals surface area contributed by atoms with Crippen LogP contribution in [0.25, 0.3) is 36.7 Å². The fraction of sp³-hybridized carbons (Fsp3) is 0.190. The quantitative estimate of drug-likeness (QED) is 0.143. The van der Waals surface area contributed by atoms with Gasteiger partial charge in [0, 0.05) is 0 Å². The van der Waals surface area contributed by atoms with Crippen molar-refractivity contribution in [2.24, 2.45) is 0 Å². The molecule has 7 heteroatoms. The molecule has 1 aromatic heterocycles. The SMILES string of the molecule is Brc1ccc2c(c1)[cH-]c1c3ccccc3sc21.CC(C)(C)[NH-].Cl.Cl.[CH3-].[CH3-].[Si]=[Zr]. The van der Waals surface area contributed by atoms with E-state index in [4.69, 9.17) is 5.73 Å². The number of hydrogen-bond donors (Lipinski definition) is 0. The summed E-state index contributed by atoms with van der Waals surface area (Å²) < 4.78 is 3.93. The van der Waals surface area contributed by atoms with Crippen LogP contribution >= 0.6 is 52.1 Å². The number of rotatable bonds is 0. The van der Waals surface area contributed by atoms with Crippen LogP contribution in [-0.4, -0.2) is 12.4 Å². The van der Waals surface area contributed by atoms with Crippen LogP contribution in [0.15, 0.2) is 53.0 Å². The van der Waals surface area contributed by atoms with Crippen LogP contribution in [0, 0.1) is 14.9 Å². The van der Waals surface area contributed by atoms with Gasteiger partial charge in [0.2, 0.25) is 0 Å². The summed E-state index contributed by atoms with van der Waals surface area (Å²) in [6.45, 7) is 8.62. The third-order valence-electron chi connectivity index (χ3n) is 3.19. The van der Waals surface area contributed by atoms with E-state index in [0.29, 0.717) is 0 Å². The van der Waals surface area contributed by atoms with Crippen molar-refractivity contribution in [3.63, 3.8) is 0 Å². The Morgan fingerprint density at radius 1 is 1.00 bits per heavy atom. The second kappa shape index (κ2) is 14.4. The van der Waals surface area contributed by atoms with Crippen LogP contribution in [-0.2, 0) is 23.3 Å². The summed E-state index contributed by atoms with van der Waals surface area (Å²) in [7, 11) is 0. The van der Waals surface area contributed by atoms with Crippen molar-refractivity contribution in [2.45, 2.75) is 26.3 Å². The van der Waals surface area contributed by atoms with Gasteiger partial charge in [-0.15, -0.1) is 53.3 Å². The topological polar surface area (TPSA) is 23.8 Å². The summed E-state index contributed by atoms with van der Waals surface area (Å²) in [6, 6.07) is 17.4. The van der Waals surface area contributed by atoms with Gasteiger partial charge in [-0.05, 0) is 9.17 Å². The zero-order chi connectivity index (χ0) is 17.9. The van der Waals surface area contributed by atoms with E-state index in [1.807, 2.05) is 32.1 Å². The van der Waals surface area contributed by atoms with E-state index in [1.54, 1.807) is 0 Å². The molecule has 0 aliphatic heterocycles. The van der Waals surface area contributed by atoms with E-state index in [-0.39, 0.29) is 45.2 Å². The van der Waals surface area contributed by atoms with Crippen LogP contribution < -0.4 is 0 Å². The number of hydrogen-bond acceptors (Lipinski definition) is 1. The molecule has 1 N–H and O–H groups in total. The van der Waals surface area contributed by atoms with E-state index in [9.17, 15) is 0 Å². The first kappa shape index (κ1) is 33.0. The molecule has 1 heterocycles. The molecule has 2 radical (unpaired) electrons. The van der Waals surface area contributed by atoms with Gasteiger partial charge in [0.15, 0.2) is 0 Å². The molecule has 0 amide bonds. The van der Waals surface area contributed by atoms with Crippen LogP contribution in [0.3, 0.4) is 0 Å². The second-order valence-corrected chi connectivity index (χ2v) is 8.43. The Bertz CT molecular complexity index is 973. The van der Waals surface area contributed by atoms with Crippen LogP contribution in [0.5, 0.6) is 0 Å². The van der Waals surface area contributed by atoms with E-state index in [1.165, 1.54) is 54.3 Å². The average molecular weight is 595 g/mol. The van der Waals surface area contributed by atoms with Crippen molar-refractivity contribution in [1.82, 2.24) is 0 Å². The summed E-state index contributed by atoms with van der Waals surface area (Å²) >= 11 is 6.78. The van der Waals surface area contributed by atoms with Gasteiger partial charge in [-0.25, -0.2) is 0 Å². The van der Waals surface area contributed by atoms with Crippen LogP contribution in [0.2, 0.25) is 0 Å². The Hall–Kier alpha value is 0.390. The number of nitrogens with one attached hydrogen (secondary N) is 1. The molecule has 0 saturated heterocycles. The predicted octanol–water partition coefficient (Wildman–Crippen LogP) is 8.89. The third kappa shape index (κ3) is 8.63. The molecular formula is C21H26BrCl2NSSiZr-4. The van der Waals surface area contributed by atoms with Gasteiger partial charge in [-0.2, -0.15) is 11.3 Å². The molecule has 3 aromatic carbocycles. The van der Waals surface area contributed by atoms with Crippen molar-refractivity contribution >= 4 is 89.9 Å². The first-order chi connectivity index (χ1) is 11.3.